The average molecular weight is 625 g/mol. The number of aliphatic hydroxyl groups excluding tert-OH is 2. The van der Waals surface area contributed by atoms with Crippen LogP contribution in [0.4, 0.5) is 0 Å². The standard InChI is InChI=1S/C38H72O6/c1-3-5-7-9-11-13-15-17-19-21-23-25-27-29-31-38(34(40)33-39)36(35(41)37(42)44-38)43-32-30-28-26-24-22-20-18-16-14-12-10-8-6-4-2/h34,36,39-40H,3-33H2,1-2H3/t34-,36?,38+/m0/s1. The van der Waals surface area contributed by atoms with Crippen molar-refractivity contribution in [3.8, 4) is 0 Å². The van der Waals surface area contributed by atoms with Gasteiger partial charge in [0.25, 0.3) is 5.78 Å². The van der Waals surface area contributed by atoms with Crippen LogP contribution in [-0.4, -0.2) is 53.0 Å². The first-order valence-corrected chi connectivity index (χ1v) is 19.2. The molecule has 260 valence electrons. The Morgan fingerprint density at radius 2 is 0.932 bits per heavy atom. The second kappa shape index (κ2) is 28.3. The molecule has 1 aliphatic rings. The number of carbonyl (C=O) groups is 2. The van der Waals surface area contributed by atoms with Crippen LogP contribution in [0.25, 0.3) is 0 Å². The Balaban J connectivity index is 2.21. The zero-order chi connectivity index (χ0) is 32.1. The predicted molar refractivity (Wildman–Crippen MR) is 182 cm³/mol. The number of carbonyl (C=O) groups excluding carboxylic acids is 2. The van der Waals surface area contributed by atoms with Gasteiger partial charge in [0, 0.05) is 6.61 Å². The zero-order valence-electron chi connectivity index (χ0n) is 29.1. The third-order valence-corrected chi connectivity index (χ3v) is 9.61. The van der Waals surface area contributed by atoms with Crippen LogP contribution >= 0.6 is 0 Å². The molecule has 0 saturated carbocycles. The molecule has 0 spiro atoms. The molecule has 1 rings (SSSR count). The molecule has 0 amide bonds. The van der Waals surface area contributed by atoms with Crippen LogP contribution in [0.5, 0.6) is 0 Å². The van der Waals surface area contributed by atoms with Crippen molar-refractivity contribution in [2.24, 2.45) is 0 Å². The topological polar surface area (TPSA) is 93.1 Å². The molecular formula is C38H72O6. The number of Topliss-reactive ketones (excluding diaryl/α,β-unsaturated/α-hetero) is 1. The summed E-state index contributed by atoms with van der Waals surface area (Å²) in [7, 11) is 0. The van der Waals surface area contributed by atoms with Crippen molar-refractivity contribution in [2.45, 2.75) is 218 Å². The van der Waals surface area contributed by atoms with E-state index < -0.39 is 36.2 Å². The first-order valence-electron chi connectivity index (χ1n) is 19.2. The Hall–Kier alpha value is -0.980. The highest BCUT2D eigenvalue weighted by Crippen LogP contribution is 2.36. The van der Waals surface area contributed by atoms with Crippen LogP contribution in [0, 0.1) is 0 Å². The maximum Gasteiger partial charge on any atom is 0.378 e. The minimum atomic E-state index is -1.48. The predicted octanol–water partition coefficient (Wildman–Crippen LogP) is 9.94. The van der Waals surface area contributed by atoms with Gasteiger partial charge in [0.1, 0.15) is 6.10 Å². The molecule has 6 nitrogen and oxygen atoms in total. The molecule has 1 aliphatic heterocycles. The Morgan fingerprint density at radius 1 is 0.591 bits per heavy atom. The molecule has 1 saturated heterocycles. The number of cyclic esters (lactones) is 1. The second-order valence-electron chi connectivity index (χ2n) is 13.6. The smallest absolute Gasteiger partial charge is 0.378 e. The van der Waals surface area contributed by atoms with Crippen molar-refractivity contribution in [1.29, 1.82) is 0 Å². The van der Waals surface area contributed by atoms with Crippen LogP contribution in [0.15, 0.2) is 0 Å². The van der Waals surface area contributed by atoms with E-state index in [1.165, 1.54) is 141 Å². The van der Waals surface area contributed by atoms with Crippen LogP contribution < -0.4 is 0 Å². The average Bonchev–Trinajstić information content (AvgIpc) is 3.27. The first-order chi connectivity index (χ1) is 21.5. The summed E-state index contributed by atoms with van der Waals surface area (Å²) >= 11 is 0. The van der Waals surface area contributed by atoms with E-state index in [1.54, 1.807) is 0 Å². The minimum absolute atomic E-state index is 0.327. The lowest BCUT2D eigenvalue weighted by molar-refractivity contribution is -0.180. The van der Waals surface area contributed by atoms with Gasteiger partial charge in [0.05, 0.1) is 6.61 Å². The molecule has 0 aromatic heterocycles. The van der Waals surface area contributed by atoms with Gasteiger partial charge in [-0.1, -0.05) is 181 Å². The Kier molecular flexibility index (Phi) is 26.4. The highest BCUT2D eigenvalue weighted by molar-refractivity contribution is 6.37. The summed E-state index contributed by atoms with van der Waals surface area (Å²) in [4.78, 5) is 25.0. The summed E-state index contributed by atoms with van der Waals surface area (Å²) in [6.07, 6.45) is 32.8. The van der Waals surface area contributed by atoms with Gasteiger partial charge in [-0.25, -0.2) is 4.79 Å². The van der Waals surface area contributed by atoms with Gasteiger partial charge in [0.15, 0.2) is 11.7 Å². The fourth-order valence-electron chi connectivity index (χ4n) is 6.66. The summed E-state index contributed by atoms with van der Waals surface area (Å²) in [6.45, 7) is 4.30. The highest BCUT2D eigenvalue weighted by atomic mass is 16.6. The SMILES string of the molecule is CCCCCCCCCCCCCCCCOC1C(=O)C(=O)O[C@]1(CCCCCCCCCCCCCCCC)[C@@H](O)CO. The molecule has 0 aromatic carbocycles. The van der Waals surface area contributed by atoms with Crippen LogP contribution in [0.1, 0.15) is 200 Å². The largest absolute Gasteiger partial charge is 0.447 e. The van der Waals surface area contributed by atoms with E-state index in [0.29, 0.717) is 19.4 Å². The van der Waals surface area contributed by atoms with Crippen molar-refractivity contribution >= 4 is 11.8 Å². The summed E-state index contributed by atoms with van der Waals surface area (Å²) in [5.41, 5.74) is -1.48. The van der Waals surface area contributed by atoms with Gasteiger partial charge in [-0.3, -0.25) is 4.79 Å². The molecule has 1 unspecified atom stereocenters. The molecule has 0 aliphatic carbocycles. The lowest BCUT2D eigenvalue weighted by Gasteiger charge is -2.35. The Morgan fingerprint density at radius 3 is 1.30 bits per heavy atom. The third kappa shape index (κ3) is 18.2. The number of rotatable bonds is 33. The fraction of sp³-hybridized carbons (Fsp3) is 0.947. The van der Waals surface area contributed by atoms with Gasteiger partial charge in [-0.05, 0) is 19.3 Å². The molecule has 3 atom stereocenters. The highest BCUT2D eigenvalue weighted by Gasteiger charge is 2.59. The van der Waals surface area contributed by atoms with E-state index in [4.69, 9.17) is 9.47 Å². The third-order valence-electron chi connectivity index (χ3n) is 9.61. The Bertz CT molecular complexity index is 682. The van der Waals surface area contributed by atoms with Crippen LogP contribution in [-0.2, 0) is 19.1 Å². The first kappa shape index (κ1) is 41.0. The molecular weight excluding hydrogens is 552 g/mol. The maximum absolute atomic E-state index is 12.7. The Labute approximate surface area is 271 Å². The molecule has 6 heteroatoms. The molecule has 1 heterocycles. The van der Waals surface area contributed by atoms with E-state index >= 15 is 0 Å². The molecule has 0 aromatic rings. The monoisotopic (exact) mass is 625 g/mol. The van der Waals surface area contributed by atoms with Crippen LogP contribution in [0.2, 0.25) is 0 Å². The van der Waals surface area contributed by atoms with Gasteiger partial charge >= 0.3 is 5.97 Å². The molecule has 2 N–H and O–H groups in total. The van der Waals surface area contributed by atoms with E-state index in [9.17, 15) is 19.8 Å². The summed E-state index contributed by atoms with van der Waals surface area (Å²) in [5.74, 6) is -1.68. The lowest BCUT2D eigenvalue weighted by Crippen LogP contribution is -2.54. The number of ketones is 1. The number of aliphatic hydroxyl groups is 2. The zero-order valence-corrected chi connectivity index (χ0v) is 29.1. The number of unbranched alkanes of at least 4 members (excludes halogenated alkanes) is 26. The number of hydrogen-bond acceptors (Lipinski definition) is 6. The fourth-order valence-corrected chi connectivity index (χ4v) is 6.66. The maximum atomic E-state index is 12.7. The van der Waals surface area contributed by atoms with Gasteiger partial charge < -0.3 is 19.7 Å². The van der Waals surface area contributed by atoms with E-state index in [0.717, 1.165) is 32.1 Å². The minimum Gasteiger partial charge on any atom is -0.447 e. The van der Waals surface area contributed by atoms with Gasteiger partial charge in [-0.15, -0.1) is 0 Å². The van der Waals surface area contributed by atoms with Crippen molar-refractivity contribution in [3.05, 3.63) is 0 Å². The van der Waals surface area contributed by atoms with Gasteiger partial charge in [-0.2, -0.15) is 0 Å². The van der Waals surface area contributed by atoms with Crippen molar-refractivity contribution in [1.82, 2.24) is 0 Å². The second-order valence-corrected chi connectivity index (χ2v) is 13.6. The van der Waals surface area contributed by atoms with E-state index in [-0.39, 0.29) is 0 Å². The molecule has 1 fully saturated rings. The lowest BCUT2D eigenvalue weighted by atomic mass is 9.84. The summed E-state index contributed by atoms with van der Waals surface area (Å²) < 4.78 is 11.4. The molecule has 44 heavy (non-hydrogen) atoms. The van der Waals surface area contributed by atoms with Crippen molar-refractivity contribution < 1.29 is 29.3 Å². The van der Waals surface area contributed by atoms with E-state index in [2.05, 4.69) is 13.8 Å². The van der Waals surface area contributed by atoms with Crippen molar-refractivity contribution in [3.63, 3.8) is 0 Å². The number of hydrogen-bond donors (Lipinski definition) is 2. The van der Waals surface area contributed by atoms with Crippen LogP contribution in [0.3, 0.4) is 0 Å². The quantitative estimate of drug-likeness (QED) is 0.0429. The van der Waals surface area contributed by atoms with Crippen molar-refractivity contribution in [2.75, 3.05) is 13.2 Å². The normalized spacial score (nSPS) is 19.1. The van der Waals surface area contributed by atoms with E-state index in [1.807, 2.05) is 0 Å². The summed E-state index contributed by atoms with van der Waals surface area (Å²) in [6, 6.07) is 0. The molecule has 0 radical (unpaired) electrons. The molecule has 0 bridgehead atoms. The summed E-state index contributed by atoms with van der Waals surface area (Å²) in [5, 5.41) is 20.4. The number of ether oxygens (including phenoxy) is 2. The van der Waals surface area contributed by atoms with Gasteiger partial charge in [0.2, 0.25) is 0 Å². The number of esters is 1.